The van der Waals surface area contributed by atoms with E-state index in [4.69, 9.17) is 9.90 Å². The molecule has 1 aliphatic heterocycles. The van der Waals surface area contributed by atoms with Crippen molar-refractivity contribution in [1.29, 1.82) is 0 Å². The zero-order chi connectivity index (χ0) is 11.2. The maximum Gasteiger partial charge on any atom is 0.290 e. The number of carboxylic acid groups (broad SMARTS) is 1. The second-order valence-electron chi connectivity index (χ2n) is 3.87. The number of alkyl halides is 2. The molecule has 1 atom stereocenters. The van der Waals surface area contributed by atoms with Crippen LogP contribution in [0.15, 0.2) is 0 Å². The minimum Gasteiger partial charge on any atom is -0.483 e. The Morgan fingerprint density at radius 2 is 2.14 bits per heavy atom. The van der Waals surface area contributed by atoms with Gasteiger partial charge in [0.2, 0.25) is 0 Å². The van der Waals surface area contributed by atoms with Crippen LogP contribution >= 0.6 is 0 Å². The highest BCUT2D eigenvalue weighted by molar-refractivity contribution is 5.32. The third-order valence-electron chi connectivity index (χ3n) is 1.95. The van der Waals surface area contributed by atoms with Gasteiger partial charge in [-0.1, -0.05) is 13.8 Å². The molecule has 0 saturated carbocycles. The summed E-state index contributed by atoms with van der Waals surface area (Å²) >= 11 is 0. The molecule has 84 valence electrons. The van der Waals surface area contributed by atoms with E-state index in [2.05, 4.69) is 19.2 Å². The fourth-order valence-electron chi connectivity index (χ4n) is 1.53. The van der Waals surface area contributed by atoms with Crippen molar-refractivity contribution in [3.05, 3.63) is 0 Å². The first kappa shape index (κ1) is 13.3. The number of nitrogens with one attached hydrogen (secondary N) is 1. The Labute approximate surface area is 82.5 Å². The predicted molar refractivity (Wildman–Crippen MR) is 49.5 cm³/mol. The molecular formula is C9H17F2NO2. The van der Waals surface area contributed by atoms with Gasteiger partial charge in [-0.15, -0.1) is 0 Å². The summed E-state index contributed by atoms with van der Waals surface area (Å²) in [6.45, 7) is 3.72. The summed E-state index contributed by atoms with van der Waals surface area (Å²) in [5.41, 5.74) is 0. The highest BCUT2D eigenvalue weighted by atomic mass is 19.3. The number of carbonyl (C=O) groups is 1. The largest absolute Gasteiger partial charge is 0.483 e. The van der Waals surface area contributed by atoms with Crippen molar-refractivity contribution in [2.45, 2.75) is 38.7 Å². The summed E-state index contributed by atoms with van der Waals surface area (Å²) in [7, 11) is 0. The molecular weight excluding hydrogens is 192 g/mol. The maximum absolute atomic E-state index is 12.6. The van der Waals surface area contributed by atoms with Crippen LogP contribution < -0.4 is 5.32 Å². The van der Waals surface area contributed by atoms with Gasteiger partial charge in [0.1, 0.15) is 0 Å². The molecule has 3 nitrogen and oxygen atoms in total. The molecule has 1 heterocycles. The first-order valence-electron chi connectivity index (χ1n) is 4.60. The van der Waals surface area contributed by atoms with Gasteiger partial charge in [-0.05, 0) is 12.3 Å². The highest BCUT2D eigenvalue weighted by Crippen LogP contribution is 2.27. The first-order chi connectivity index (χ1) is 6.41. The molecule has 1 aliphatic rings. The molecule has 1 saturated heterocycles. The van der Waals surface area contributed by atoms with Crippen molar-refractivity contribution in [1.82, 2.24) is 5.32 Å². The van der Waals surface area contributed by atoms with E-state index in [1.54, 1.807) is 0 Å². The standard InChI is InChI=1S/C8H15F2N.CH2O2/c1-6(2)3-7-4-8(9,10)5-11-7;2-1-3/h6-7,11H,3-5H2,1-2H3;1H,(H,2,3). The van der Waals surface area contributed by atoms with Crippen LogP contribution in [0.3, 0.4) is 0 Å². The van der Waals surface area contributed by atoms with E-state index in [1.165, 1.54) is 0 Å². The summed E-state index contributed by atoms with van der Waals surface area (Å²) in [6.07, 6.45) is 0.876. The van der Waals surface area contributed by atoms with Crippen molar-refractivity contribution in [3.8, 4) is 0 Å². The Bertz CT molecular complexity index is 174. The summed E-state index contributed by atoms with van der Waals surface area (Å²) in [6, 6.07) is 0.0324. The van der Waals surface area contributed by atoms with Gasteiger partial charge in [0.25, 0.3) is 12.4 Å². The molecule has 0 aromatic heterocycles. The fraction of sp³-hybridized carbons (Fsp3) is 0.889. The van der Waals surface area contributed by atoms with Crippen LogP contribution in [0, 0.1) is 5.92 Å². The Hall–Kier alpha value is -0.710. The van der Waals surface area contributed by atoms with Crippen molar-refractivity contribution in [2.24, 2.45) is 5.92 Å². The third-order valence-corrected chi connectivity index (χ3v) is 1.95. The highest BCUT2D eigenvalue weighted by Gasteiger charge is 2.38. The molecule has 0 spiro atoms. The summed E-state index contributed by atoms with van der Waals surface area (Å²) < 4.78 is 25.2. The van der Waals surface area contributed by atoms with Gasteiger partial charge in [0.15, 0.2) is 0 Å². The molecule has 0 aliphatic carbocycles. The molecule has 0 aromatic carbocycles. The summed E-state index contributed by atoms with van der Waals surface area (Å²) in [5.74, 6) is -1.96. The smallest absolute Gasteiger partial charge is 0.290 e. The Balaban J connectivity index is 0.000000500. The average Bonchev–Trinajstić information content (AvgIpc) is 2.30. The number of hydrogen-bond acceptors (Lipinski definition) is 2. The SMILES string of the molecule is CC(C)CC1CC(F)(F)CN1.O=CO. The number of halogens is 2. The van der Waals surface area contributed by atoms with Crippen LogP contribution in [0.2, 0.25) is 0 Å². The third kappa shape index (κ3) is 5.85. The molecule has 1 fully saturated rings. The Morgan fingerprint density at radius 3 is 2.43 bits per heavy atom. The molecule has 0 aromatic rings. The van der Waals surface area contributed by atoms with E-state index in [0.29, 0.717) is 5.92 Å². The maximum atomic E-state index is 12.6. The molecule has 14 heavy (non-hydrogen) atoms. The lowest BCUT2D eigenvalue weighted by Gasteiger charge is -2.11. The van der Waals surface area contributed by atoms with Crippen molar-refractivity contribution < 1.29 is 18.7 Å². The van der Waals surface area contributed by atoms with E-state index in [0.717, 1.165) is 6.42 Å². The van der Waals surface area contributed by atoms with Crippen molar-refractivity contribution in [2.75, 3.05) is 6.54 Å². The average molecular weight is 209 g/mol. The zero-order valence-electron chi connectivity index (χ0n) is 8.46. The second-order valence-corrected chi connectivity index (χ2v) is 3.87. The van der Waals surface area contributed by atoms with Gasteiger partial charge in [-0.2, -0.15) is 0 Å². The fourth-order valence-corrected chi connectivity index (χ4v) is 1.53. The quantitative estimate of drug-likeness (QED) is 0.681. The van der Waals surface area contributed by atoms with Gasteiger partial charge in [-0.25, -0.2) is 8.78 Å². The van der Waals surface area contributed by atoms with Crippen molar-refractivity contribution in [3.63, 3.8) is 0 Å². The lowest BCUT2D eigenvalue weighted by Crippen LogP contribution is -2.23. The van der Waals surface area contributed by atoms with Gasteiger partial charge in [-0.3, -0.25) is 4.79 Å². The van der Waals surface area contributed by atoms with Gasteiger partial charge < -0.3 is 10.4 Å². The summed E-state index contributed by atoms with van der Waals surface area (Å²) in [5, 5.41) is 9.72. The van der Waals surface area contributed by atoms with Crippen LogP contribution in [0.25, 0.3) is 0 Å². The van der Waals surface area contributed by atoms with E-state index in [9.17, 15) is 8.78 Å². The topological polar surface area (TPSA) is 49.3 Å². The van der Waals surface area contributed by atoms with E-state index >= 15 is 0 Å². The minimum atomic E-state index is -2.46. The molecule has 0 amide bonds. The van der Waals surface area contributed by atoms with Gasteiger partial charge in [0, 0.05) is 12.5 Å². The van der Waals surface area contributed by atoms with E-state index in [1.807, 2.05) is 0 Å². The molecule has 1 unspecified atom stereocenters. The Kier molecular flexibility index (Phi) is 5.60. The Morgan fingerprint density at radius 1 is 1.64 bits per heavy atom. The number of hydrogen-bond donors (Lipinski definition) is 2. The molecule has 2 N–H and O–H groups in total. The molecule has 5 heteroatoms. The molecule has 1 rings (SSSR count). The van der Waals surface area contributed by atoms with Crippen molar-refractivity contribution >= 4 is 6.47 Å². The van der Waals surface area contributed by atoms with Gasteiger partial charge in [0.05, 0.1) is 6.54 Å². The molecule has 0 radical (unpaired) electrons. The van der Waals surface area contributed by atoms with Gasteiger partial charge >= 0.3 is 0 Å². The first-order valence-corrected chi connectivity index (χ1v) is 4.60. The lowest BCUT2D eigenvalue weighted by molar-refractivity contribution is -0.122. The van der Waals surface area contributed by atoms with E-state index < -0.39 is 5.92 Å². The summed E-state index contributed by atoms with van der Waals surface area (Å²) in [4.78, 5) is 8.36. The normalized spacial score (nSPS) is 24.2. The van der Waals surface area contributed by atoms with E-state index in [-0.39, 0.29) is 25.5 Å². The van der Waals surface area contributed by atoms with Crippen LogP contribution in [0.4, 0.5) is 8.78 Å². The van der Waals surface area contributed by atoms with Crippen LogP contribution in [-0.4, -0.2) is 30.1 Å². The second kappa shape index (κ2) is 5.90. The predicted octanol–water partition coefficient (Wildman–Crippen LogP) is 1.73. The van der Waals surface area contributed by atoms with Crippen LogP contribution in [0.1, 0.15) is 26.7 Å². The monoisotopic (exact) mass is 209 g/mol. The molecule has 0 bridgehead atoms. The zero-order valence-corrected chi connectivity index (χ0v) is 8.46. The van der Waals surface area contributed by atoms with Crippen LogP contribution in [0.5, 0.6) is 0 Å². The van der Waals surface area contributed by atoms with Crippen LogP contribution in [-0.2, 0) is 4.79 Å². The number of rotatable bonds is 2. The lowest BCUT2D eigenvalue weighted by atomic mass is 10.0. The minimum absolute atomic E-state index is 0.0190.